The zero-order valence-corrected chi connectivity index (χ0v) is 17.8. The summed E-state index contributed by atoms with van der Waals surface area (Å²) in [5, 5.41) is 1.36. The van der Waals surface area contributed by atoms with Crippen LogP contribution in [0.2, 0.25) is 0 Å². The molecule has 5 heteroatoms. The highest BCUT2D eigenvalue weighted by Crippen LogP contribution is 2.32. The number of likely N-dealkylation sites (N-methyl/N-ethyl adjacent to an activating group) is 1. The van der Waals surface area contributed by atoms with Crippen molar-refractivity contribution in [3.63, 3.8) is 0 Å². The standard InChI is InChI=1S/C20H34BrN3O/c1-5-9-15-20(16-10-6-2,23(7-3)8-4)19(25)24(22)18-13-11-17(21)12-14-18/h11-14H,5-10,15-16,22H2,1-4H3. The van der Waals surface area contributed by atoms with Gasteiger partial charge in [0.25, 0.3) is 5.91 Å². The molecule has 0 saturated carbocycles. The smallest absolute Gasteiger partial charge is 0.261 e. The molecule has 0 aliphatic carbocycles. The fraction of sp³-hybridized carbons (Fsp3) is 0.650. The zero-order valence-electron chi connectivity index (χ0n) is 16.2. The summed E-state index contributed by atoms with van der Waals surface area (Å²) in [5.74, 6) is 6.32. The minimum absolute atomic E-state index is 0.0143. The average molecular weight is 412 g/mol. The van der Waals surface area contributed by atoms with E-state index < -0.39 is 5.54 Å². The van der Waals surface area contributed by atoms with Gasteiger partial charge in [0.05, 0.1) is 5.69 Å². The number of anilines is 1. The molecule has 2 N–H and O–H groups in total. The van der Waals surface area contributed by atoms with Crippen LogP contribution < -0.4 is 10.9 Å². The molecule has 1 rings (SSSR count). The van der Waals surface area contributed by atoms with Crippen molar-refractivity contribution in [1.29, 1.82) is 0 Å². The maximum Gasteiger partial charge on any atom is 0.261 e. The Kier molecular flexibility index (Phi) is 9.69. The van der Waals surface area contributed by atoms with E-state index in [0.717, 1.165) is 61.8 Å². The topological polar surface area (TPSA) is 49.6 Å². The minimum atomic E-state index is -0.517. The number of unbranched alkanes of at least 4 members (excludes halogenated alkanes) is 2. The van der Waals surface area contributed by atoms with Gasteiger partial charge in [-0.2, -0.15) is 0 Å². The van der Waals surface area contributed by atoms with Crippen LogP contribution in [0.15, 0.2) is 28.7 Å². The molecule has 0 heterocycles. The van der Waals surface area contributed by atoms with Crippen molar-refractivity contribution >= 4 is 27.5 Å². The first kappa shape index (κ1) is 22.1. The van der Waals surface area contributed by atoms with Gasteiger partial charge in [0.15, 0.2) is 0 Å². The second-order valence-electron chi connectivity index (χ2n) is 6.56. The van der Waals surface area contributed by atoms with Gasteiger partial charge in [-0.3, -0.25) is 9.69 Å². The van der Waals surface area contributed by atoms with Crippen molar-refractivity contribution in [3.05, 3.63) is 28.7 Å². The van der Waals surface area contributed by atoms with Crippen LogP contribution in [0.3, 0.4) is 0 Å². The zero-order chi connectivity index (χ0) is 18.9. The van der Waals surface area contributed by atoms with Crippen LogP contribution in [0.4, 0.5) is 5.69 Å². The SMILES string of the molecule is CCCCC(CCCC)(C(=O)N(N)c1ccc(Br)cc1)N(CC)CC. The number of hydrogen-bond donors (Lipinski definition) is 1. The summed E-state index contributed by atoms with van der Waals surface area (Å²) < 4.78 is 0.976. The molecule has 142 valence electrons. The van der Waals surface area contributed by atoms with Crippen LogP contribution in [0.25, 0.3) is 0 Å². The Morgan fingerprint density at radius 3 is 1.88 bits per heavy atom. The van der Waals surface area contributed by atoms with Crippen molar-refractivity contribution in [2.45, 2.75) is 71.8 Å². The number of carbonyl (C=O) groups is 1. The van der Waals surface area contributed by atoms with Crippen LogP contribution in [0, 0.1) is 0 Å². The van der Waals surface area contributed by atoms with Crippen LogP contribution in [0.1, 0.15) is 66.2 Å². The highest BCUT2D eigenvalue weighted by Gasteiger charge is 2.43. The number of rotatable bonds is 11. The molecule has 0 aliphatic rings. The Hall–Kier alpha value is -0.910. The summed E-state index contributed by atoms with van der Waals surface area (Å²) in [6.45, 7) is 10.3. The first-order valence-electron chi connectivity index (χ1n) is 9.56. The molecular weight excluding hydrogens is 378 g/mol. The Bertz CT molecular complexity index is 506. The maximum atomic E-state index is 13.6. The molecule has 0 atom stereocenters. The maximum absolute atomic E-state index is 13.6. The molecule has 1 aromatic rings. The van der Waals surface area contributed by atoms with E-state index in [0.29, 0.717) is 0 Å². The lowest BCUT2D eigenvalue weighted by Gasteiger charge is -2.44. The molecule has 1 aromatic carbocycles. The van der Waals surface area contributed by atoms with Gasteiger partial charge in [0.1, 0.15) is 5.54 Å². The third kappa shape index (κ3) is 5.53. The molecule has 0 saturated heterocycles. The van der Waals surface area contributed by atoms with E-state index in [4.69, 9.17) is 5.84 Å². The normalized spacial score (nSPS) is 11.8. The van der Waals surface area contributed by atoms with E-state index in [1.165, 1.54) is 5.01 Å². The molecule has 0 spiro atoms. The number of nitrogens with zero attached hydrogens (tertiary/aromatic N) is 2. The number of benzene rings is 1. The van der Waals surface area contributed by atoms with Crippen LogP contribution in [-0.2, 0) is 4.79 Å². The molecule has 25 heavy (non-hydrogen) atoms. The lowest BCUT2D eigenvalue weighted by Crippen LogP contribution is -2.61. The molecule has 0 aliphatic heterocycles. The van der Waals surface area contributed by atoms with Gasteiger partial charge in [-0.05, 0) is 50.2 Å². The Labute approximate surface area is 161 Å². The van der Waals surface area contributed by atoms with E-state index in [9.17, 15) is 4.79 Å². The molecule has 0 unspecified atom stereocenters. The summed E-state index contributed by atoms with van der Waals surface area (Å²) in [4.78, 5) is 15.9. The number of halogens is 1. The largest absolute Gasteiger partial charge is 0.290 e. The fourth-order valence-corrected chi connectivity index (χ4v) is 3.77. The highest BCUT2D eigenvalue weighted by atomic mass is 79.9. The van der Waals surface area contributed by atoms with Crippen LogP contribution in [0.5, 0.6) is 0 Å². The molecule has 0 bridgehead atoms. The fourth-order valence-electron chi connectivity index (χ4n) is 3.50. The predicted molar refractivity (Wildman–Crippen MR) is 111 cm³/mol. The summed E-state index contributed by atoms with van der Waals surface area (Å²) >= 11 is 3.43. The van der Waals surface area contributed by atoms with Crippen molar-refractivity contribution in [2.24, 2.45) is 5.84 Å². The summed E-state index contributed by atoms with van der Waals surface area (Å²) in [5.41, 5.74) is 0.217. The first-order chi connectivity index (χ1) is 12.0. The number of nitrogens with two attached hydrogens (primary N) is 1. The monoisotopic (exact) mass is 411 g/mol. The third-order valence-electron chi connectivity index (χ3n) is 4.98. The van der Waals surface area contributed by atoms with Gasteiger partial charge < -0.3 is 0 Å². The lowest BCUT2D eigenvalue weighted by molar-refractivity contribution is -0.132. The lowest BCUT2D eigenvalue weighted by atomic mass is 9.83. The van der Waals surface area contributed by atoms with Crippen LogP contribution in [-0.4, -0.2) is 29.4 Å². The third-order valence-corrected chi connectivity index (χ3v) is 5.51. The molecular formula is C20H34BrN3O. The Morgan fingerprint density at radius 1 is 1.00 bits per heavy atom. The molecule has 1 amide bonds. The second kappa shape index (κ2) is 10.9. The number of amides is 1. The van der Waals surface area contributed by atoms with Crippen molar-refractivity contribution in [3.8, 4) is 0 Å². The Balaban J connectivity index is 3.24. The first-order valence-corrected chi connectivity index (χ1v) is 10.4. The number of hydrazine groups is 1. The summed E-state index contributed by atoms with van der Waals surface area (Å²) in [6.07, 6.45) is 5.92. The molecule has 0 aromatic heterocycles. The van der Waals surface area contributed by atoms with Crippen molar-refractivity contribution < 1.29 is 4.79 Å². The Morgan fingerprint density at radius 2 is 1.48 bits per heavy atom. The van der Waals surface area contributed by atoms with Gasteiger partial charge >= 0.3 is 0 Å². The molecule has 0 radical (unpaired) electrons. The summed E-state index contributed by atoms with van der Waals surface area (Å²) in [6, 6.07) is 7.60. The van der Waals surface area contributed by atoms with E-state index in [2.05, 4.69) is 48.5 Å². The van der Waals surface area contributed by atoms with E-state index in [1.54, 1.807) is 0 Å². The van der Waals surface area contributed by atoms with Gasteiger partial charge in [0.2, 0.25) is 0 Å². The second-order valence-corrected chi connectivity index (χ2v) is 7.48. The van der Waals surface area contributed by atoms with Gasteiger partial charge in [-0.25, -0.2) is 10.9 Å². The number of carbonyl (C=O) groups excluding carboxylic acids is 1. The summed E-state index contributed by atoms with van der Waals surface area (Å²) in [7, 11) is 0. The van der Waals surface area contributed by atoms with Crippen molar-refractivity contribution in [1.82, 2.24) is 4.90 Å². The van der Waals surface area contributed by atoms with Gasteiger partial charge in [-0.1, -0.05) is 69.3 Å². The van der Waals surface area contributed by atoms with Crippen LogP contribution >= 0.6 is 15.9 Å². The molecule has 0 fully saturated rings. The van der Waals surface area contributed by atoms with E-state index in [1.807, 2.05) is 24.3 Å². The van der Waals surface area contributed by atoms with Gasteiger partial charge in [0, 0.05) is 4.47 Å². The van der Waals surface area contributed by atoms with E-state index >= 15 is 0 Å². The quantitative estimate of drug-likeness (QED) is 0.312. The highest BCUT2D eigenvalue weighted by molar-refractivity contribution is 9.10. The predicted octanol–water partition coefficient (Wildman–Crippen LogP) is 5.12. The van der Waals surface area contributed by atoms with E-state index in [-0.39, 0.29) is 5.91 Å². The van der Waals surface area contributed by atoms with Crippen molar-refractivity contribution in [2.75, 3.05) is 18.1 Å². The van der Waals surface area contributed by atoms with Gasteiger partial charge in [-0.15, -0.1) is 0 Å². The minimum Gasteiger partial charge on any atom is -0.290 e. The molecule has 4 nitrogen and oxygen atoms in total. The number of hydrogen-bond acceptors (Lipinski definition) is 3. The average Bonchev–Trinajstić information content (AvgIpc) is 2.63.